The minimum atomic E-state index is 0.497. The summed E-state index contributed by atoms with van der Waals surface area (Å²) in [6.45, 7) is 0. The zero-order valence-corrected chi connectivity index (χ0v) is 15.5. The molecule has 0 aliphatic heterocycles. The molecule has 0 aliphatic rings. The van der Waals surface area contributed by atoms with Crippen LogP contribution in [0.3, 0.4) is 0 Å². The van der Waals surface area contributed by atoms with Crippen LogP contribution in [0, 0.1) is 0 Å². The van der Waals surface area contributed by atoms with Crippen LogP contribution in [0.15, 0.2) is 42.6 Å². The van der Waals surface area contributed by atoms with Gasteiger partial charge in [-0.1, -0.05) is 52.5 Å². The quantitative estimate of drug-likeness (QED) is 0.502. The van der Waals surface area contributed by atoms with Crippen LogP contribution in [0.5, 0.6) is 0 Å². The maximum Gasteiger partial charge on any atom is 0.187 e. The van der Waals surface area contributed by atoms with Crippen molar-refractivity contribution < 1.29 is 0 Å². The van der Waals surface area contributed by atoms with Crippen LogP contribution in [0.2, 0.25) is 20.1 Å². The second kappa shape index (κ2) is 7.29. The molecular formula is C16H10Cl4N2S. The highest BCUT2D eigenvalue weighted by Crippen LogP contribution is 2.31. The molecule has 0 atom stereocenters. The first-order chi connectivity index (χ1) is 11.0. The van der Waals surface area contributed by atoms with Gasteiger partial charge in [-0.25, -0.2) is 4.98 Å². The first kappa shape index (κ1) is 16.9. The number of nitrogens with one attached hydrogen (secondary N) is 1. The summed E-state index contributed by atoms with van der Waals surface area (Å²) in [7, 11) is 0. The first-order valence-corrected chi connectivity index (χ1v) is 8.95. The van der Waals surface area contributed by atoms with E-state index in [0.717, 1.165) is 21.3 Å². The first-order valence-electron chi connectivity index (χ1n) is 6.62. The molecule has 7 heteroatoms. The monoisotopic (exact) mass is 402 g/mol. The predicted molar refractivity (Wildman–Crippen MR) is 101 cm³/mol. The van der Waals surface area contributed by atoms with E-state index in [1.807, 2.05) is 30.5 Å². The normalized spacial score (nSPS) is 10.8. The molecule has 0 unspecified atom stereocenters. The molecule has 3 rings (SSSR count). The van der Waals surface area contributed by atoms with Crippen LogP contribution < -0.4 is 5.32 Å². The molecule has 0 radical (unpaired) electrons. The zero-order valence-electron chi connectivity index (χ0n) is 11.6. The van der Waals surface area contributed by atoms with E-state index in [1.54, 1.807) is 12.1 Å². The molecule has 2 nitrogen and oxygen atoms in total. The number of aromatic nitrogens is 1. The van der Waals surface area contributed by atoms with Gasteiger partial charge >= 0.3 is 0 Å². The van der Waals surface area contributed by atoms with Crippen molar-refractivity contribution in [1.82, 2.24) is 4.98 Å². The van der Waals surface area contributed by atoms with E-state index in [9.17, 15) is 0 Å². The largest absolute Gasteiger partial charge is 0.331 e. The molecule has 0 amide bonds. The van der Waals surface area contributed by atoms with Gasteiger partial charge in [0.2, 0.25) is 0 Å². The fraction of sp³-hybridized carbons (Fsp3) is 0.0625. The number of benzene rings is 2. The Balaban J connectivity index is 1.76. The Hall–Kier alpha value is -0.970. The van der Waals surface area contributed by atoms with Gasteiger partial charge in [-0.2, -0.15) is 0 Å². The van der Waals surface area contributed by atoms with E-state index in [-0.39, 0.29) is 0 Å². The number of hydrogen-bond acceptors (Lipinski definition) is 3. The molecule has 0 spiro atoms. The molecule has 1 N–H and O–H groups in total. The van der Waals surface area contributed by atoms with Crippen molar-refractivity contribution in [2.24, 2.45) is 0 Å². The fourth-order valence-corrected chi connectivity index (χ4v) is 3.69. The molecule has 23 heavy (non-hydrogen) atoms. The second-order valence-electron chi connectivity index (χ2n) is 4.76. The van der Waals surface area contributed by atoms with Gasteiger partial charge in [0.1, 0.15) is 0 Å². The number of rotatable bonds is 4. The van der Waals surface area contributed by atoms with E-state index < -0.39 is 0 Å². The lowest BCUT2D eigenvalue weighted by Crippen LogP contribution is -1.88. The van der Waals surface area contributed by atoms with Crippen molar-refractivity contribution in [1.29, 1.82) is 0 Å². The van der Waals surface area contributed by atoms with Gasteiger partial charge < -0.3 is 5.32 Å². The average molecular weight is 404 g/mol. The van der Waals surface area contributed by atoms with Gasteiger partial charge in [-0.05, 0) is 35.9 Å². The highest BCUT2D eigenvalue weighted by molar-refractivity contribution is 7.15. The zero-order chi connectivity index (χ0) is 16.4. The van der Waals surface area contributed by atoms with E-state index in [1.165, 1.54) is 11.3 Å². The Morgan fingerprint density at radius 2 is 1.65 bits per heavy atom. The summed E-state index contributed by atoms with van der Waals surface area (Å²) in [5, 5.41) is 6.30. The maximum absolute atomic E-state index is 6.21. The summed E-state index contributed by atoms with van der Waals surface area (Å²) in [6.07, 6.45) is 2.45. The highest BCUT2D eigenvalue weighted by atomic mass is 35.5. The predicted octanol–water partition coefficient (Wildman–Crippen LogP) is 7.09. The van der Waals surface area contributed by atoms with E-state index >= 15 is 0 Å². The van der Waals surface area contributed by atoms with Gasteiger partial charge in [0.15, 0.2) is 5.13 Å². The fourth-order valence-electron chi connectivity index (χ4n) is 2.02. The molecule has 1 aromatic heterocycles. The van der Waals surface area contributed by atoms with Crippen LogP contribution in [0.25, 0.3) is 0 Å². The topological polar surface area (TPSA) is 24.9 Å². The highest BCUT2D eigenvalue weighted by Gasteiger charge is 2.10. The molecule has 0 fully saturated rings. The van der Waals surface area contributed by atoms with Crippen LogP contribution in [-0.4, -0.2) is 4.98 Å². The van der Waals surface area contributed by atoms with Crippen LogP contribution in [0.4, 0.5) is 10.8 Å². The van der Waals surface area contributed by atoms with Gasteiger partial charge in [-0.15, -0.1) is 11.3 Å². The summed E-state index contributed by atoms with van der Waals surface area (Å²) in [6, 6.07) is 10.8. The molecule has 0 bridgehead atoms. The summed E-state index contributed by atoms with van der Waals surface area (Å²) < 4.78 is 0. The minimum Gasteiger partial charge on any atom is -0.331 e. The molecule has 3 aromatic rings. The molecule has 0 saturated heterocycles. The Morgan fingerprint density at radius 3 is 2.35 bits per heavy atom. The van der Waals surface area contributed by atoms with Crippen LogP contribution >= 0.6 is 57.7 Å². The molecule has 2 aromatic carbocycles. The van der Waals surface area contributed by atoms with Crippen molar-refractivity contribution in [2.75, 3.05) is 5.32 Å². The van der Waals surface area contributed by atoms with Crippen molar-refractivity contribution in [3.63, 3.8) is 0 Å². The summed E-state index contributed by atoms with van der Waals surface area (Å²) in [5.74, 6) is 0. The molecule has 1 heterocycles. The number of nitrogens with zero attached hydrogens (tertiary/aromatic N) is 1. The summed E-state index contributed by atoms with van der Waals surface area (Å²) >= 11 is 25.9. The van der Waals surface area contributed by atoms with E-state index in [0.29, 0.717) is 26.5 Å². The van der Waals surface area contributed by atoms with Crippen LogP contribution in [0.1, 0.15) is 10.4 Å². The Labute approximate surface area is 158 Å². The van der Waals surface area contributed by atoms with Crippen LogP contribution in [-0.2, 0) is 6.42 Å². The lowest BCUT2D eigenvalue weighted by Gasteiger charge is -2.05. The Morgan fingerprint density at radius 1 is 0.913 bits per heavy atom. The standard InChI is InChI=1S/C16H10Cl4N2S/c17-12-2-1-3-13(18)11(12)7-10-8-21-16(23-10)22-9-4-5-14(19)15(20)6-9/h1-6,8H,7H2,(H,21,22). The molecule has 0 aliphatic carbocycles. The van der Waals surface area contributed by atoms with Crippen molar-refractivity contribution in [2.45, 2.75) is 6.42 Å². The van der Waals surface area contributed by atoms with E-state index in [2.05, 4.69) is 10.3 Å². The number of anilines is 2. The molecule has 0 saturated carbocycles. The van der Waals surface area contributed by atoms with Gasteiger partial charge in [0.05, 0.1) is 10.0 Å². The number of halogens is 4. The number of thiazole rings is 1. The van der Waals surface area contributed by atoms with Crippen molar-refractivity contribution in [3.05, 3.63) is 73.1 Å². The third-order valence-electron chi connectivity index (χ3n) is 3.14. The van der Waals surface area contributed by atoms with E-state index in [4.69, 9.17) is 46.4 Å². The SMILES string of the molecule is Clc1ccc(Nc2ncc(Cc3c(Cl)cccc3Cl)s2)cc1Cl. The Bertz CT molecular complexity index is 828. The number of hydrogen-bond donors (Lipinski definition) is 1. The lowest BCUT2D eigenvalue weighted by atomic mass is 10.1. The molecule has 118 valence electrons. The van der Waals surface area contributed by atoms with Gasteiger partial charge in [0.25, 0.3) is 0 Å². The van der Waals surface area contributed by atoms with Crippen molar-refractivity contribution in [3.8, 4) is 0 Å². The minimum absolute atomic E-state index is 0.497. The third-order valence-corrected chi connectivity index (χ3v) is 5.50. The smallest absolute Gasteiger partial charge is 0.187 e. The Kier molecular flexibility index (Phi) is 5.34. The second-order valence-corrected chi connectivity index (χ2v) is 7.51. The third kappa shape index (κ3) is 4.11. The maximum atomic E-state index is 6.21. The van der Waals surface area contributed by atoms with Crippen molar-refractivity contribution >= 4 is 68.6 Å². The lowest BCUT2D eigenvalue weighted by molar-refractivity contribution is 1.22. The average Bonchev–Trinajstić information content (AvgIpc) is 2.94. The van der Waals surface area contributed by atoms with Gasteiger partial charge in [-0.3, -0.25) is 0 Å². The summed E-state index contributed by atoms with van der Waals surface area (Å²) in [5.41, 5.74) is 1.73. The molecular weight excluding hydrogens is 394 g/mol. The van der Waals surface area contributed by atoms with Gasteiger partial charge in [0, 0.05) is 33.2 Å². The summed E-state index contributed by atoms with van der Waals surface area (Å²) in [4.78, 5) is 5.42.